The lowest BCUT2D eigenvalue weighted by atomic mass is 10.1. The second-order valence-corrected chi connectivity index (χ2v) is 11.3. The van der Waals surface area contributed by atoms with Gasteiger partial charge < -0.3 is 19.9 Å². The third-order valence-corrected chi connectivity index (χ3v) is 8.51. The molecule has 1 amide bonds. The molecule has 3 fully saturated rings. The predicted molar refractivity (Wildman–Crippen MR) is 125 cm³/mol. The number of piperazine rings is 1. The molecule has 0 radical (unpaired) electrons. The summed E-state index contributed by atoms with van der Waals surface area (Å²) >= 11 is 0. The van der Waals surface area contributed by atoms with E-state index >= 15 is 0 Å². The lowest BCUT2D eigenvalue weighted by Crippen LogP contribution is -2.60. The molecule has 13 heteroatoms. The van der Waals surface area contributed by atoms with E-state index < -0.39 is 51.1 Å². The van der Waals surface area contributed by atoms with Gasteiger partial charge in [-0.2, -0.15) is 21.6 Å². The second kappa shape index (κ2) is 8.33. The van der Waals surface area contributed by atoms with Gasteiger partial charge in [0, 0.05) is 18.5 Å². The minimum absolute atomic E-state index is 0.0216. The number of benzene rings is 2. The van der Waals surface area contributed by atoms with Crippen LogP contribution in [0.25, 0.3) is 0 Å². The van der Waals surface area contributed by atoms with E-state index in [0.717, 1.165) is 21.9 Å². The van der Waals surface area contributed by atoms with E-state index in [1.165, 1.54) is 0 Å². The average molecular weight is 539 g/mol. The number of nitrogens with one attached hydrogen (secondary N) is 1. The Balaban J connectivity index is 1.33. The summed E-state index contributed by atoms with van der Waals surface area (Å²) < 4.78 is 92.6. The molecule has 2 aromatic carbocycles. The van der Waals surface area contributed by atoms with Crippen molar-refractivity contribution in [1.82, 2.24) is 4.90 Å². The van der Waals surface area contributed by atoms with Gasteiger partial charge in [-0.25, -0.2) is 9.18 Å². The van der Waals surface area contributed by atoms with E-state index in [-0.39, 0.29) is 42.7 Å². The van der Waals surface area contributed by atoms with Crippen LogP contribution in [-0.2, 0) is 21.4 Å². The second-order valence-electron chi connectivity index (χ2n) is 9.69. The first-order valence-electron chi connectivity index (χ1n) is 11.8. The predicted octanol–water partition coefficient (Wildman–Crippen LogP) is 4.28. The number of amidine groups is 1. The van der Waals surface area contributed by atoms with Gasteiger partial charge in [-0.3, -0.25) is 0 Å². The normalized spacial score (nSPS) is 25.9. The number of ether oxygens (including phenoxy) is 1. The fourth-order valence-corrected chi connectivity index (χ4v) is 6.68. The third-order valence-electron chi connectivity index (χ3n) is 7.19. The van der Waals surface area contributed by atoms with Crippen LogP contribution >= 0.6 is 0 Å². The number of amides is 1. The maximum absolute atomic E-state index is 14.6. The van der Waals surface area contributed by atoms with Gasteiger partial charge in [0.25, 0.3) is 10.0 Å². The standard InChI is InChI=1S/C24H22F4N4O4S/c25-15-8-17(20-19(9-15)37(34,35)30-22(29-20)14-6-7-14)32-16-10-18(21(32)24(26,27)28)31(11-16)23(33)36-12-13-4-2-1-3-5-13/h1-5,8-9,14,16,18,21H,6-7,10-12H2,(H,29,30)/t16-,18-,21?/m0/s1. The monoisotopic (exact) mass is 538 g/mol. The molecular weight excluding hydrogens is 516 g/mol. The number of halogens is 4. The molecule has 1 N–H and O–H groups in total. The number of carbonyl (C=O) groups is 1. The molecule has 3 atom stereocenters. The zero-order chi connectivity index (χ0) is 26.1. The first-order valence-corrected chi connectivity index (χ1v) is 13.2. The Morgan fingerprint density at radius 2 is 1.89 bits per heavy atom. The van der Waals surface area contributed by atoms with Gasteiger partial charge in [-0.1, -0.05) is 30.3 Å². The van der Waals surface area contributed by atoms with Gasteiger partial charge in [0.05, 0.1) is 17.4 Å². The zero-order valence-electron chi connectivity index (χ0n) is 19.3. The fourth-order valence-electron chi connectivity index (χ4n) is 5.45. The van der Waals surface area contributed by atoms with E-state index in [0.29, 0.717) is 18.4 Å². The van der Waals surface area contributed by atoms with Crippen LogP contribution in [-0.4, -0.2) is 56.1 Å². The summed E-state index contributed by atoms with van der Waals surface area (Å²) in [4.78, 5) is 14.3. The summed E-state index contributed by atoms with van der Waals surface area (Å²) in [6, 6.07) is 6.18. The van der Waals surface area contributed by atoms with E-state index in [1.54, 1.807) is 30.3 Å². The van der Waals surface area contributed by atoms with Crippen molar-refractivity contribution in [2.24, 2.45) is 10.3 Å². The first-order chi connectivity index (χ1) is 17.5. The van der Waals surface area contributed by atoms with Gasteiger partial charge in [-0.05, 0) is 37.0 Å². The summed E-state index contributed by atoms with van der Waals surface area (Å²) in [6.45, 7) is -0.164. The molecule has 0 spiro atoms. The van der Waals surface area contributed by atoms with Gasteiger partial charge in [0.15, 0.2) is 0 Å². The maximum Gasteiger partial charge on any atom is 0.410 e. The quantitative estimate of drug-likeness (QED) is 0.585. The number of nitrogens with zero attached hydrogens (tertiary/aromatic N) is 3. The number of likely N-dealkylation sites (tertiary alicyclic amines) is 1. The Morgan fingerprint density at radius 1 is 1.16 bits per heavy atom. The van der Waals surface area contributed by atoms with E-state index in [4.69, 9.17) is 4.74 Å². The van der Waals surface area contributed by atoms with E-state index in [2.05, 4.69) is 9.71 Å². The summed E-state index contributed by atoms with van der Waals surface area (Å²) in [5, 5.41) is 2.88. The van der Waals surface area contributed by atoms with Crippen molar-refractivity contribution >= 4 is 33.3 Å². The fraction of sp³-hybridized carbons (Fsp3) is 0.417. The van der Waals surface area contributed by atoms with Crippen LogP contribution in [0, 0.1) is 11.7 Å². The zero-order valence-corrected chi connectivity index (χ0v) is 20.1. The van der Waals surface area contributed by atoms with Crippen molar-refractivity contribution in [3.8, 4) is 0 Å². The van der Waals surface area contributed by atoms with Crippen LogP contribution in [0.1, 0.15) is 24.8 Å². The Bertz CT molecular complexity index is 1400. The highest BCUT2D eigenvalue weighted by molar-refractivity contribution is 7.90. The van der Waals surface area contributed by atoms with Gasteiger partial charge in [-0.15, -0.1) is 4.40 Å². The third kappa shape index (κ3) is 4.18. The number of carbonyl (C=O) groups excluding carboxylic acids is 1. The van der Waals surface area contributed by atoms with Gasteiger partial charge in [0.2, 0.25) is 0 Å². The average Bonchev–Trinajstić information content (AvgIpc) is 3.51. The summed E-state index contributed by atoms with van der Waals surface area (Å²) in [5.41, 5.74) is 0.373. The number of rotatable bonds is 4. The minimum Gasteiger partial charge on any atom is -0.445 e. The number of hydrogen-bond acceptors (Lipinski definition) is 6. The van der Waals surface area contributed by atoms with E-state index in [9.17, 15) is 30.8 Å². The Morgan fingerprint density at radius 3 is 2.57 bits per heavy atom. The van der Waals surface area contributed by atoms with Crippen LogP contribution in [0.3, 0.4) is 0 Å². The molecule has 1 unspecified atom stereocenters. The highest BCUT2D eigenvalue weighted by Gasteiger charge is 2.62. The Labute approximate surface area is 210 Å². The molecule has 8 nitrogen and oxygen atoms in total. The summed E-state index contributed by atoms with van der Waals surface area (Å²) in [5.74, 6) is -0.976. The molecule has 0 aromatic heterocycles. The molecule has 2 bridgehead atoms. The molecule has 3 heterocycles. The molecule has 3 aliphatic heterocycles. The SMILES string of the molecule is O=C(OCc1ccccc1)N1C[C@@H]2C[C@H]1C(C(F)(F)F)N2c1cc(F)cc2c1NC(C1CC1)=NS2(=O)=O. The lowest BCUT2D eigenvalue weighted by Gasteiger charge is -2.43. The van der Waals surface area contributed by atoms with Crippen LogP contribution in [0.15, 0.2) is 51.8 Å². The van der Waals surface area contributed by atoms with Gasteiger partial charge >= 0.3 is 12.3 Å². The highest BCUT2D eigenvalue weighted by atomic mass is 32.2. The smallest absolute Gasteiger partial charge is 0.410 e. The topological polar surface area (TPSA) is 91.3 Å². The number of alkyl halides is 3. The molecule has 4 aliphatic rings. The molecular formula is C24H22F4N4O4S. The maximum atomic E-state index is 14.6. The molecule has 196 valence electrons. The molecule has 6 rings (SSSR count). The van der Waals surface area contributed by atoms with Crippen molar-refractivity contribution in [2.45, 2.75) is 55.1 Å². The van der Waals surface area contributed by atoms with Crippen LogP contribution < -0.4 is 10.2 Å². The Hall–Kier alpha value is -3.35. The first kappa shape index (κ1) is 24.0. The van der Waals surface area contributed by atoms with Crippen molar-refractivity contribution < 1.29 is 35.5 Å². The minimum atomic E-state index is -4.79. The number of hydrogen-bond donors (Lipinski definition) is 1. The van der Waals surface area contributed by atoms with Gasteiger partial charge in [0.1, 0.15) is 29.2 Å². The van der Waals surface area contributed by atoms with Crippen molar-refractivity contribution in [1.29, 1.82) is 0 Å². The Kier molecular flexibility index (Phi) is 5.41. The molecule has 1 saturated carbocycles. The van der Waals surface area contributed by atoms with Crippen molar-refractivity contribution in [3.05, 3.63) is 53.8 Å². The van der Waals surface area contributed by atoms with E-state index in [1.807, 2.05) is 0 Å². The van der Waals surface area contributed by atoms with Crippen molar-refractivity contribution in [3.63, 3.8) is 0 Å². The van der Waals surface area contributed by atoms with Crippen LogP contribution in [0.4, 0.5) is 33.7 Å². The van der Waals surface area contributed by atoms with Crippen LogP contribution in [0.5, 0.6) is 0 Å². The largest absolute Gasteiger partial charge is 0.445 e. The van der Waals surface area contributed by atoms with Crippen molar-refractivity contribution in [2.75, 3.05) is 16.8 Å². The molecule has 1 aliphatic carbocycles. The number of fused-ring (bicyclic) bond motifs is 3. The van der Waals surface area contributed by atoms with Crippen LogP contribution in [0.2, 0.25) is 0 Å². The molecule has 2 aromatic rings. The summed E-state index contributed by atoms with van der Waals surface area (Å²) in [7, 11) is -4.30. The molecule has 2 saturated heterocycles. The molecule has 37 heavy (non-hydrogen) atoms. The summed E-state index contributed by atoms with van der Waals surface area (Å²) in [6.07, 6.45) is -4.28. The highest BCUT2D eigenvalue weighted by Crippen LogP contribution is 2.50. The number of sulfonamides is 1. The number of anilines is 2. The lowest BCUT2D eigenvalue weighted by molar-refractivity contribution is -0.158.